The first-order valence-corrected chi connectivity index (χ1v) is 13.6. The smallest absolute Gasteiger partial charge is 0.195 e. The minimum absolute atomic E-state index is 0.0254. The molecule has 0 amide bonds. The largest absolute Gasteiger partial charge is 0.492 e. The summed E-state index contributed by atoms with van der Waals surface area (Å²) in [6.45, 7) is 19.9. The lowest BCUT2D eigenvalue weighted by atomic mass is 9.71. The van der Waals surface area contributed by atoms with Crippen molar-refractivity contribution < 1.29 is 9.53 Å². The molecule has 0 saturated carbocycles. The number of hydrogen-bond donors (Lipinski definition) is 0. The summed E-state index contributed by atoms with van der Waals surface area (Å²) in [4.78, 5) is 30.0. The summed E-state index contributed by atoms with van der Waals surface area (Å²) in [6.07, 6.45) is 0. The number of aromatic nitrogens is 1. The van der Waals surface area contributed by atoms with Gasteiger partial charge in [-0.25, -0.2) is 0 Å². The second-order valence-corrected chi connectivity index (χ2v) is 10.2. The van der Waals surface area contributed by atoms with Crippen molar-refractivity contribution in [1.29, 1.82) is 0 Å². The van der Waals surface area contributed by atoms with Crippen LogP contribution in [0.2, 0.25) is 0 Å². The van der Waals surface area contributed by atoms with Gasteiger partial charge in [0.2, 0.25) is 0 Å². The van der Waals surface area contributed by atoms with E-state index < -0.39 is 5.41 Å². The lowest BCUT2D eigenvalue weighted by Crippen LogP contribution is -2.34. The van der Waals surface area contributed by atoms with Crippen LogP contribution in [0.25, 0.3) is 10.9 Å². The predicted molar refractivity (Wildman–Crippen MR) is 150 cm³/mol. The van der Waals surface area contributed by atoms with Gasteiger partial charge in [0.25, 0.3) is 0 Å². The second kappa shape index (κ2) is 11.2. The van der Waals surface area contributed by atoms with Crippen molar-refractivity contribution in [1.82, 2.24) is 14.4 Å². The molecule has 0 aliphatic heterocycles. The summed E-state index contributed by atoms with van der Waals surface area (Å²) < 4.78 is 8.38. The van der Waals surface area contributed by atoms with Crippen LogP contribution in [0.1, 0.15) is 68.7 Å². The van der Waals surface area contributed by atoms with Gasteiger partial charge < -0.3 is 19.1 Å². The van der Waals surface area contributed by atoms with Gasteiger partial charge in [-0.05, 0) is 73.3 Å². The third-order valence-electron chi connectivity index (χ3n) is 7.99. The maximum atomic E-state index is 14.0. The van der Waals surface area contributed by atoms with Crippen LogP contribution >= 0.6 is 0 Å². The van der Waals surface area contributed by atoms with Crippen LogP contribution in [0.15, 0.2) is 41.6 Å². The third kappa shape index (κ3) is 4.94. The Hall–Kier alpha value is -3.03. The first-order chi connectivity index (χ1) is 17.8. The van der Waals surface area contributed by atoms with Crippen molar-refractivity contribution in [3.63, 3.8) is 0 Å². The van der Waals surface area contributed by atoms with Crippen molar-refractivity contribution in [3.8, 4) is 5.75 Å². The van der Waals surface area contributed by atoms with E-state index in [9.17, 15) is 9.70 Å². The Morgan fingerprint density at radius 3 is 2.24 bits per heavy atom. The number of ether oxygens (including phenoxy) is 1. The number of nitrogens with zero attached hydrogens (tertiary/aromatic N) is 4. The van der Waals surface area contributed by atoms with Crippen LogP contribution in [-0.2, 0) is 12.0 Å². The molecule has 0 unspecified atom stereocenters. The fourth-order valence-electron chi connectivity index (χ4n) is 5.71. The lowest BCUT2D eigenvalue weighted by Gasteiger charge is -2.35. The van der Waals surface area contributed by atoms with Crippen LogP contribution in [0, 0.1) is 4.91 Å². The van der Waals surface area contributed by atoms with E-state index in [0.717, 1.165) is 79.3 Å². The third-order valence-corrected chi connectivity index (χ3v) is 7.99. The average Bonchev–Trinajstić information content (AvgIpc) is 3.25. The molecule has 4 rings (SSSR count). The topological polar surface area (TPSA) is 67.1 Å². The minimum Gasteiger partial charge on any atom is -0.492 e. The van der Waals surface area contributed by atoms with Gasteiger partial charge in [-0.3, -0.25) is 4.79 Å². The second-order valence-electron chi connectivity index (χ2n) is 10.2. The minimum atomic E-state index is -0.437. The quantitative estimate of drug-likeness (QED) is 0.284. The van der Waals surface area contributed by atoms with Crippen molar-refractivity contribution in [2.45, 2.75) is 53.5 Å². The maximum Gasteiger partial charge on any atom is 0.195 e. The van der Waals surface area contributed by atoms with E-state index in [0.29, 0.717) is 17.9 Å². The number of carbonyl (C=O) groups excluding carboxylic acids is 1. The zero-order valence-electron chi connectivity index (χ0n) is 23.1. The molecule has 1 aliphatic carbocycles. The summed E-state index contributed by atoms with van der Waals surface area (Å²) in [5.41, 5.74) is 4.25. The fraction of sp³-hybridized carbons (Fsp3) is 0.500. The monoisotopic (exact) mass is 504 g/mol. The highest BCUT2D eigenvalue weighted by Crippen LogP contribution is 2.46. The molecule has 0 N–H and O–H groups in total. The van der Waals surface area contributed by atoms with E-state index >= 15 is 0 Å². The molecular weight excluding hydrogens is 464 g/mol. The fourth-order valence-corrected chi connectivity index (χ4v) is 5.71. The maximum absolute atomic E-state index is 14.0. The molecule has 1 aliphatic rings. The van der Waals surface area contributed by atoms with Crippen LogP contribution in [0.4, 0.5) is 5.69 Å². The molecule has 37 heavy (non-hydrogen) atoms. The average molecular weight is 505 g/mol. The lowest BCUT2D eigenvalue weighted by molar-refractivity contribution is 0.103. The predicted octanol–water partition coefficient (Wildman–Crippen LogP) is 5.97. The molecule has 0 fully saturated rings. The molecule has 0 atom stereocenters. The van der Waals surface area contributed by atoms with Gasteiger partial charge in [-0.1, -0.05) is 41.5 Å². The Balaban J connectivity index is 1.80. The first-order valence-electron chi connectivity index (χ1n) is 13.6. The summed E-state index contributed by atoms with van der Waals surface area (Å²) in [7, 11) is 0. The van der Waals surface area contributed by atoms with Crippen LogP contribution in [0.3, 0.4) is 0 Å². The molecule has 0 spiro atoms. The SMILES string of the molecule is CCN(CC)CCOc1ccc2c(c1)C(C)(C)c1c(c3ccc(N=O)cc3n1CCN(CC)CC)C2=O. The molecule has 7 heteroatoms. The molecule has 7 nitrogen and oxygen atoms in total. The Kier molecular flexibility index (Phi) is 8.14. The Labute approximate surface area is 220 Å². The highest BCUT2D eigenvalue weighted by molar-refractivity contribution is 6.20. The van der Waals surface area contributed by atoms with Gasteiger partial charge in [-0.15, -0.1) is 4.91 Å². The number of carbonyl (C=O) groups is 1. The van der Waals surface area contributed by atoms with Gasteiger partial charge in [0.15, 0.2) is 5.78 Å². The number of benzene rings is 2. The van der Waals surface area contributed by atoms with E-state index in [4.69, 9.17) is 4.74 Å². The molecule has 1 aromatic heterocycles. The number of ketones is 1. The number of likely N-dealkylation sites (N-methyl/N-ethyl adjacent to an activating group) is 2. The standard InChI is InChI=1S/C30H40N4O3/c1-7-32(8-2)15-16-34-26-19-21(31-36)11-13-24(26)27-28(35)23-14-12-22(37-18-17-33(9-3)10-4)20-25(23)30(5,6)29(27)34/h11-14,19-20H,7-10,15-18H2,1-6H3. The molecule has 0 radical (unpaired) electrons. The van der Waals surface area contributed by atoms with E-state index in [1.54, 1.807) is 6.07 Å². The van der Waals surface area contributed by atoms with Crippen LogP contribution in [-0.4, -0.2) is 66.0 Å². The summed E-state index contributed by atoms with van der Waals surface area (Å²) in [5, 5.41) is 4.06. The molecular formula is C30H40N4O3. The van der Waals surface area contributed by atoms with Crippen LogP contribution < -0.4 is 4.74 Å². The summed E-state index contributed by atoms with van der Waals surface area (Å²) in [5.74, 6) is 0.811. The Morgan fingerprint density at radius 1 is 0.919 bits per heavy atom. The van der Waals surface area contributed by atoms with Gasteiger partial charge in [0, 0.05) is 41.7 Å². The Morgan fingerprint density at radius 2 is 1.59 bits per heavy atom. The Bertz CT molecular complexity index is 1290. The van der Waals surface area contributed by atoms with Gasteiger partial charge in [0.1, 0.15) is 18.0 Å². The molecule has 198 valence electrons. The van der Waals surface area contributed by atoms with E-state index in [1.807, 2.05) is 30.3 Å². The van der Waals surface area contributed by atoms with Crippen molar-refractivity contribution in [2.24, 2.45) is 5.18 Å². The highest BCUT2D eigenvalue weighted by Gasteiger charge is 2.41. The zero-order chi connectivity index (χ0) is 26.7. The van der Waals surface area contributed by atoms with Crippen LogP contribution in [0.5, 0.6) is 5.75 Å². The van der Waals surface area contributed by atoms with Crippen molar-refractivity contribution in [3.05, 3.63) is 63.7 Å². The van der Waals surface area contributed by atoms with Gasteiger partial charge >= 0.3 is 0 Å². The molecule has 0 saturated heterocycles. The van der Waals surface area contributed by atoms with Gasteiger partial charge in [0.05, 0.1) is 11.1 Å². The van der Waals surface area contributed by atoms with E-state index in [-0.39, 0.29) is 5.78 Å². The molecule has 0 bridgehead atoms. The number of hydrogen-bond acceptors (Lipinski definition) is 6. The molecule has 1 heterocycles. The van der Waals surface area contributed by atoms with Gasteiger partial charge in [-0.2, -0.15) is 0 Å². The van der Waals surface area contributed by atoms with E-state index in [2.05, 4.69) is 61.1 Å². The van der Waals surface area contributed by atoms with Crippen molar-refractivity contribution >= 4 is 22.4 Å². The molecule has 2 aromatic carbocycles. The number of fused-ring (bicyclic) bond motifs is 4. The normalized spacial score (nSPS) is 14.3. The van der Waals surface area contributed by atoms with Crippen molar-refractivity contribution in [2.75, 3.05) is 45.9 Å². The summed E-state index contributed by atoms with van der Waals surface area (Å²) >= 11 is 0. The summed E-state index contributed by atoms with van der Waals surface area (Å²) in [6, 6.07) is 11.3. The molecule has 3 aromatic rings. The van der Waals surface area contributed by atoms with E-state index in [1.165, 1.54) is 0 Å². The highest BCUT2D eigenvalue weighted by atomic mass is 16.5. The zero-order valence-corrected chi connectivity index (χ0v) is 23.1. The number of nitroso groups, excluding NO2 is 1. The first kappa shape index (κ1) is 27.0. The number of rotatable bonds is 12.